The molecule has 1 aromatic carbocycles. The molecule has 0 spiro atoms. The molecule has 2 aliphatic rings. The number of rotatable bonds is 3. The quantitative estimate of drug-likeness (QED) is 0.930. The summed E-state index contributed by atoms with van der Waals surface area (Å²) in [4.78, 5) is 14.8. The van der Waals surface area contributed by atoms with Crippen LogP contribution in [-0.2, 0) is 9.53 Å². The summed E-state index contributed by atoms with van der Waals surface area (Å²) in [5, 5.41) is 4.11. The van der Waals surface area contributed by atoms with E-state index in [0.29, 0.717) is 12.3 Å². The summed E-state index contributed by atoms with van der Waals surface area (Å²) in [6.07, 6.45) is 2.64. The molecule has 2 saturated heterocycles. The van der Waals surface area contributed by atoms with E-state index >= 15 is 0 Å². The van der Waals surface area contributed by atoms with E-state index in [2.05, 4.69) is 11.4 Å². The minimum Gasteiger partial charge on any atom is -0.381 e. The average Bonchev–Trinajstić information content (AvgIpc) is 2.56. The molecule has 0 aliphatic carbocycles. The molecule has 0 saturated carbocycles. The Labute approximate surface area is 136 Å². The number of benzene rings is 1. The first kappa shape index (κ1) is 15.8. The zero-order chi connectivity index (χ0) is 15.4. The van der Waals surface area contributed by atoms with Crippen LogP contribution >= 0.6 is 11.6 Å². The SMILES string of the molecule is O=C(CC1CCOCC1)N1CCNCC1c1cccc(Cl)c1. The Morgan fingerprint density at radius 3 is 2.95 bits per heavy atom. The summed E-state index contributed by atoms with van der Waals surface area (Å²) >= 11 is 6.11. The van der Waals surface area contributed by atoms with Crippen LogP contribution in [0.2, 0.25) is 5.02 Å². The number of amides is 1. The Hall–Kier alpha value is -1.10. The second-order valence-electron chi connectivity index (χ2n) is 6.12. The monoisotopic (exact) mass is 322 g/mol. The molecular formula is C17H23ClN2O2. The molecule has 1 atom stereocenters. The molecule has 3 rings (SSSR count). The van der Waals surface area contributed by atoms with Crippen molar-refractivity contribution >= 4 is 17.5 Å². The number of carbonyl (C=O) groups is 1. The lowest BCUT2D eigenvalue weighted by atomic mass is 9.94. The lowest BCUT2D eigenvalue weighted by Crippen LogP contribution is -2.49. The fourth-order valence-corrected chi connectivity index (χ4v) is 3.53. The first-order valence-corrected chi connectivity index (χ1v) is 8.45. The highest BCUT2D eigenvalue weighted by molar-refractivity contribution is 6.30. The summed E-state index contributed by atoms with van der Waals surface area (Å²) in [5.74, 6) is 0.731. The predicted molar refractivity (Wildman–Crippen MR) is 86.9 cm³/mol. The zero-order valence-corrected chi connectivity index (χ0v) is 13.5. The van der Waals surface area contributed by atoms with Crippen LogP contribution in [0.15, 0.2) is 24.3 Å². The van der Waals surface area contributed by atoms with Crippen molar-refractivity contribution in [3.8, 4) is 0 Å². The van der Waals surface area contributed by atoms with Crippen LogP contribution in [0.5, 0.6) is 0 Å². The predicted octanol–water partition coefficient (Wildman–Crippen LogP) is 2.63. The Balaban J connectivity index is 1.70. The molecule has 1 aromatic rings. The summed E-state index contributed by atoms with van der Waals surface area (Å²) in [6.45, 7) is 3.99. The molecule has 5 heteroatoms. The maximum Gasteiger partial charge on any atom is 0.223 e. The van der Waals surface area contributed by atoms with Crippen LogP contribution in [0.25, 0.3) is 0 Å². The van der Waals surface area contributed by atoms with Gasteiger partial charge in [0, 0.05) is 44.3 Å². The number of carbonyl (C=O) groups excluding carboxylic acids is 1. The summed E-state index contributed by atoms with van der Waals surface area (Å²) in [6, 6.07) is 7.93. The van der Waals surface area contributed by atoms with Crippen molar-refractivity contribution in [2.45, 2.75) is 25.3 Å². The number of nitrogens with zero attached hydrogens (tertiary/aromatic N) is 1. The smallest absolute Gasteiger partial charge is 0.223 e. The van der Waals surface area contributed by atoms with Crippen molar-refractivity contribution in [3.63, 3.8) is 0 Å². The second-order valence-corrected chi connectivity index (χ2v) is 6.56. The Morgan fingerprint density at radius 1 is 1.36 bits per heavy atom. The van der Waals surface area contributed by atoms with E-state index in [1.165, 1.54) is 0 Å². The molecule has 2 fully saturated rings. The van der Waals surface area contributed by atoms with Crippen LogP contribution in [0.4, 0.5) is 0 Å². The summed E-state index contributed by atoms with van der Waals surface area (Å²) in [5.41, 5.74) is 1.11. The molecule has 1 N–H and O–H groups in total. The summed E-state index contributed by atoms with van der Waals surface area (Å²) < 4.78 is 5.38. The Kier molecular flexibility index (Phi) is 5.34. The average molecular weight is 323 g/mol. The number of ether oxygens (including phenoxy) is 1. The van der Waals surface area contributed by atoms with Gasteiger partial charge in [-0.3, -0.25) is 4.79 Å². The lowest BCUT2D eigenvalue weighted by Gasteiger charge is -2.37. The molecule has 0 aromatic heterocycles. The molecule has 1 amide bonds. The van der Waals surface area contributed by atoms with Crippen molar-refractivity contribution in [2.24, 2.45) is 5.92 Å². The van der Waals surface area contributed by atoms with E-state index < -0.39 is 0 Å². The first-order valence-electron chi connectivity index (χ1n) is 8.07. The molecule has 1 unspecified atom stereocenters. The van der Waals surface area contributed by atoms with Crippen LogP contribution < -0.4 is 5.32 Å². The molecule has 120 valence electrons. The third-order valence-electron chi connectivity index (χ3n) is 4.60. The first-order chi connectivity index (χ1) is 10.7. The van der Waals surface area contributed by atoms with Crippen molar-refractivity contribution in [1.82, 2.24) is 10.2 Å². The van der Waals surface area contributed by atoms with Crippen LogP contribution in [0.3, 0.4) is 0 Å². The highest BCUT2D eigenvalue weighted by Crippen LogP contribution is 2.27. The number of nitrogens with one attached hydrogen (secondary N) is 1. The molecule has 4 nitrogen and oxygen atoms in total. The largest absolute Gasteiger partial charge is 0.381 e. The van der Waals surface area contributed by atoms with Gasteiger partial charge in [-0.15, -0.1) is 0 Å². The van der Waals surface area contributed by atoms with Crippen LogP contribution in [0.1, 0.15) is 30.9 Å². The second kappa shape index (κ2) is 7.44. The highest BCUT2D eigenvalue weighted by Gasteiger charge is 2.29. The highest BCUT2D eigenvalue weighted by atomic mass is 35.5. The lowest BCUT2D eigenvalue weighted by molar-refractivity contribution is -0.136. The van der Waals surface area contributed by atoms with Gasteiger partial charge in [-0.2, -0.15) is 0 Å². The van der Waals surface area contributed by atoms with Gasteiger partial charge in [0.15, 0.2) is 0 Å². The van der Waals surface area contributed by atoms with E-state index in [0.717, 1.165) is 56.3 Å². The number of hydrogen-bond acceptors (Lipinski definition) is 3. The number of halogens is 1. The summed E-state index contributed by atoms with van der Waals surface area (Å²) in [7, 11) is 0. The molecule has 2 aliphatic heterocycles. The van der Waals surface area contributed by atoms with Gasteiger partial charge in [0.05, 0.1) is 6.04 Å². The molecular weight excluding hydrogens is 300 g/mol. The van der Waals surface area contributed by atoms with Crippen molar-refractivity contribution < 1.29 is 9.53 Å². The third-order valence-corrected chi connectivity index (χ3v) is 4.84. The van der Waals surface area contributed by atoms with Gasteiger partial charge in [-0.1, -0.05) is 23.7 Å². The van der Waals surface area contributed by atoms with Gasteiger partial charge in [0.1, 0.15) is 0 Å². The van der Waals surface area contributed by atoms with Crippen molar-refractivity contribution in [1.29, 1.82) is 0 Å². The standard InChI is InChI=1S/C17H23ClN2O2/c18-15-3-1-2-14(11-15)16-12-19-6-7-20(16)17(21)10-13-4-8-22-9-5-13/h1-3,11,13,16,19H,4-10,12H2. The third kappa shape index (κ3) is 3.80. The van der Waals surface area contributed by atoms with Gasteiger partial charge in [-0.25, -0.2) is 0 Å². The van der Waals surface area contributed by atoms with E-state index in [-0.39, 0.29) is 11.9 Å². The fraction of sp³-hybridized carbons (Fsp3) is 0.588. The molecule has 0 radical (unpaired) electrons. The minimum absolute atomic E-state index is 0.0831. The number of hydrogen-bond donors (Lipinski definition) is 1. The molecule has 2 heterocycles. The van der Waals surface area contributed by atoms with Gasteiger partial charge in [0.25, 0.3) is 0 Å². The fourth-order valence-electron chi connectivity index (χ4n) is 3.33. The topological polar surface area (TPSA) is 41.6 Å². The van der Waals surface area contributed by atoms with E-state index in [9.17, 15) is 4.79 Å². The van der Waals surface area contributed by atoms with Gasteiger partial charge in [-0.05, 0) is 36.5 Å². The maximum absolute atomic E-state index is 12.8. The molecule has 22 heavy (non-hydrogen) atoms. The van der Waals surface area contributed by atoms with Crippen LogP contribution in [-0.4, -0.2) is 43.7 Å². The normalized spacial score (nSPS) is 23.5. The van der Waals surface area contributed by atoms with Gasteiger partial charge in [0.2, 0.25) is 5.91 Å². The zero-order valence-electron chi connectivity index (χ0n) is 12.8. The van der Waals surface area contributed by atoms with E-state index in [1.54, 1.807) is 0 Å². The van der Waals surface area contributed by atoms with E-state index in [1.807, 2.05) is 23.1 Å². The van der Waals surface area contributed by atoms with Crippen molar-refractivity contribution in [2.75, 3.05) is 32.8 Å². The van der Waals surface area contributed by atoms with Gasteiger partial charge >= 0.3 is 0 Å². The molecule has 0 bridgehead atoms. The maximum atomic E-state index is 12.8. The van der Waals surface area contributed by atoms with Crippen molar-refractivity contribution in [3.05, 3.63) is 34.9 Å². The van der Waals surface area contributed by atoms with Crippen LogP contribution in [0, 0.1) is 5.92 Å². The van der Waals surface area contributed by atoms with Gasteiger partial charge < -0.3 is 15.0 Å². The van der Waals surface area contributed by atoms with E-state index in [4.69, 9.17) is 16.3 Å². The Morgan fingerprint density at radius 2 is 2.18 bits per heavy atom. The minimum atomic E-state index is 0.0831. The Bertz CT molecular complexity index is 517. The number of piperazine rings is 1.